The van der Waals surface area contributed by atoms with Gasteiger partial charge in [0.05, 0.1) is 13.7 Å². The predicted octanol–water partition coefficient (Wildman–Crippen LogP) is 1.55. The minimum absolute atomic E-state index is 0. The molecule has 0 bridgehead atoms. The molecule has 1 aliphatic rings. The van der Waals surface area contributed by atoms with Gasteiger partial charge < -0.3 is 14.8 Å². The van der Waals surface area contributed by atoms with Gasteiger partial charge >= 0.3 is 0 Å². The molecule has 0 amide bonds. The van der Waals surface area contributed by atoms with Crippen LogP contribution < -0.4 is 14.8 Å². The van der Waals surface area contributed by atoms with Crippen LogP contribution in [-0.2, 0) is 14.8 Å². The first-order valence-electron chi connectivity index (χ1n) is 7.45. The lowest BCUT2D eigenvalue weighted by atomic mass is 9.80. The summed E-state index contributed by atoms with van der Waals surface area (Å²) in [5, 5.41) is 3.24. The Morgan fingerprint density at radius 3 is 2.50 bits per heavy atom. The van der Waals surface area contributed by atoms with Crippen molar-refractivity contribution in [3.8, 4) is 5.75 Å². The van der Waals surface area contributed by atoms with Crippen molar-refractivity contribution in [3.05, 3.63) is 24.0 Å². The average molecular weight is 383 g/mol. The Hall–Kier alpha value is -0.930. The van der Waals surface area contributed by atoms with Gasteiger partial charge in [0, 0.05) is 25.1 Å². The van der Waals surface area contributed by atoms with Crippen LogP contribution in [-0.4, -0.2) is 48.9 Å². The van der Waals surface area contributed by atoms with Crippen molar-refractivity contribution >= 4 is 22.4 Å². The number of halogens is 2. The predicted molar refractivity (Wildman–Crippen MR) is 91.8 cm³/mol. The summed E-state index contributed by atoms with van der Waals surface area (Å²) < 4.78 is 51.5. The van der Waals surface area contributed by atoms with Crippen molar-refractivity contribution in [2.45, 2.75) is 17.7 Å². The normalized spacial score (nSPS) is 17.1. The van der Waals surface area contributed by atoms with Gasteiger partial charge in [-0.15, -0.1) is 12.4 Å². The summed E-state index contributed by atoms with van der Waals surface area (Å²) >= 11 is 0. The van der Waals surface area contributed by atoms with Crippen LogP contribution in [0.2, 0.25) is 0 Å². The Bertz CT molecular complexity index is 631. The van der Waals surface area contributed by atoms with Gasteiger partial charge in [-0.05, 0) is 38.1 Å². The summed E-state index contributed by atoms with van der Waals surface area (Å²) in [5.41, 5.74) is -0.268. The molecule has 0 aromatic heterocycles. The van der Waals surface area contributed by atoms with Crippen molar-refractivity contribution in [2.24, 2.45) is 5.41 Å². The number of methoxy groups -OCH3 is 2. The molecule has 0 atom stereocenters. The number of rotatable bonds is 7. The van der Waals surface area contributed by atoms with Gasteiger partial charge in [-0.25, -0.2) is 17.5 Å². The van der Waals surface area contributed by atoms with E-state index in [4.69, 9.17) is 9.47 Å². The molecule has 2 rings (SSSR count). The smallest absolute Gasteiger partial charge is 0.243 e. The van der Waals surface area contributed by atoms with Crippen molar-refractivity contribution in [1.82, 2.24) is 10.0 Å². The third kappa shape index (κ3) is 5.03. The van der Waals surface area contributed by atoms with E-state index in [1.165, 1.54) is 19.2 Å². The van der Waals surface area contributed by atoms with E-state index in [1.807, 2.05) is 0 Å². The molecular weight excluding hydrogens is 359 g/mol. The lowest BCUT2D eigenvalue weighted by molar-refractivity contribution is 0.0577. The van der Waals surface area contributed by atoms with Crippen LogP contribution in [0.4, 0.5) is 4.39 Å². The number of ether oxygens (including phenoxy) is 2. The van der Waals surface area contributed by atoms with Crippen LogP contribution in [0.1, 0.15) is 12.8 Å². The van der Waals surface area contributed by atoms with Crippen LogP contribution in [0.15, 0.2) is 23.1 Å². The molecule has 1 heterocycles. The highest BCUT2D eigenvalue weighted by atomic mass is 35.5. The molecule has 138 valence electrons. The maximum atomic E-state index is 14.0. The second-order valence-electron chi connectivity index (χ2n) is 5.80. The zero-order chi connectivity index (χ0) is 16.9. The van der Waals surface area contributed by atoms with Crippen LogP contribution in [0.25, 0.3) is 0 Å². The average Bonchev–Trinajstić information content (AvgIpc) is 2.54. The fourth-order valence-electron chi connectivity index (χ4n) is 2.79. The third-order valence-electron chi connectivity index (χ3n) is 4.18. The molecule has 1 saturated heterocycles. The van der Waals surface area contributed by atoms with E-state index < -0.39 is 15.8 Å². The highest BCUT2D eigenvalue weighted by Gasteiger charge is 2.34. The molecule has 0 radical (unpaired) electrons. The molecule has 9 heteroatoms. The molecule has 1 aromatic carbocycles. The number of nitrogens with one attached hydrogen (secondary N) is 2. The van der Waals surface area contributed by atoms with Gasteiger partial charge in [-0.2, -0.15) is 0 Å². The molecule has 6 nitrogen and oxygen atoms in total. The Morgan fingerprint density at radius 1 is 1.29 bits per heavy atom. The van der Waals surface area contributed by atoms with Gasteiger partial charge in [-0.1, -0.05) is 0 Å². The first kappa shape index (κ1) is 21.1. The quantitative estimate of drug-likeness (QED) is 0.748. The summed E-state index contributed by atoms with van der Waals surface area (Å²) in [6, 6.07) is 3.69. The Balaban J connectivity index is 0.00000288. The van der Waals surface area contributed by atoms with Crippen LogP contribution in [0.5, 0.6) is 5.75 Å². The zero-order valence-electron chi connectivity index (χ0n) is 13.8. The topological polar surface area (TPSA) is 76.7 Å². The minimum Gasteiger partial charge on any atom is -0.497 e. The minimum atomic E-state index is -3.93. The molecule has 2 N–H and O–H groups in total. The lowest BCUT2D eigenvalue weighted by Gasteiger charge is -2.37. The second kappa shape index (κ2) is 8.96. The Kier molecular flexibility index (Phi) is 7.88. The SMILES string of the molecule is COCC1(CNS(=O)(=O)c2ccc(OC)cc2F)CCNCC1.Cl. The highest BCUT2D eigenvalue weighted by Crippen LogP contribution is 2.29. The standard InChI is InChI=1S/C15H23FN2O4S.ClH/c1-21-11-15(5-7-17-8-6-15)10-18-23(19,20)14-4-3-12(22-2)9-13(14)16;/h3-4,9,17-18H,5-8,10-11H2,1-2H3;1H. The van der Waals surface area contributed by atoms with Crippen LogP contribution >= 0.6 is 12.4 Å². The molecule has 1 fully saturated rings. The molecule has 24 heavy (non-hydrogen) atoms. The van der Waals surface area contributed by atoms with Crippen molar-refractivity contribution in [1.29, 1.82) is 0 Å². The van der Waals surface area contributed by atoms with E-state index in [0.29, 0.717) is 6.61 Å². The summed E-state index contributed by atoms with van der Waals surface area (Å²) in [5.74, 6) is -0.557. The van der Waals surface area contributed by atoms with E-state index >= 15 is 0 Å². The highest BCUT2D eigenvalue weighted by molar-refractivity contribution is 7.89. The number of hydrogen-bond donors (Lipinski definition) is 2. The number of benzene rings is 1. The Labute approximate surface area is 148 Å². The maximum Gasteiger partial charge on any atom is 0.243 e. The lowest BCUT2D eigenvalue weighted by Crippen LogP contribution is -2.47. The number of sulfonamides is 1. The van der Waals surface area contributed by atoms with E-state index in [1.54, 1.807) is 7.11 Å². The van der Waals surface area contributed by atoms with Crippen molar-refractivity contribution in [2.75, 3.05) is 40.5 Å². The fourth-order valence-corrected chi connectivity index (χ4v) is 4.00. The first-order valence-corrected chi connectivity index (χ1v) is 8.94. The first-order chi connectivity index (χ1) is 10.9. The Morgan fingerprint density at radius 2 is 1.96 bits per heavy atom. The summed E-state index contributed by atoms with van der Waals surface area (Å²) in [4.78, 5) is -0.375. The number of hydrogen-bond acceptors (Lipinski definition) is 5. The van der Waals surface area contributed by atoms with E-state index in [2.05, 4.69) is 10.0 Å². The molecule has 0 aliphatic carbocycles. The van der Waals surface area contributed by atoms with Crippen LogP contribution in [0.3, 0.4) is 0 Å². The molecule has 1 aromatic rings. The molecular formula is C15H24ClFN2O4S. The molecule has 0 spiro atoms. The summed E-state index contributed by atoms with van der Waals surface area (Å²) in [6.45, 7) is 2.29. The molecule has 0 saturated carbocycles. The van der Waals surface area contributed by atoms with E-state index in [-0.39, 0.29) is 35.0 Å². The van der Waals surface area contributed by atoms with Gasteiger partial charge in [0.15, 0.2) is 0 Å². The van der Waals surface area contributed by atoms with Gasteiger partial charge in [0.2, 0.25) is 10.0 Å². The largest absolute Gasteiger partial charge is 0.497 e. The maximum absolute atomic E-state index is 14.0. The second-order valence-corrected chi connectivity index (χ2v) is 7.54. The summed E-state index contributed by atoms with van der Waals surface area (Å²) in [6.07, 6.45) is 1.60. The van der Waals surface area contributed by atoms with Crippen molar-refractivity contribution < 1.29 is 22.3 Å². The van der Waals surface area contributed by atoms with E-state index in [9.17, 15) is 12.8 Å². The van der Waals surface area contributed by atoms with Gasteiger partial charge in [0.25, 0.3) is 0 Å². The molecule has 0 unspecified atom stereocenters. The monoisotopic (exact) mass is 382 g/mol. The van der Waals surface area contributed by atoms with Crippen LogP contribution in [0, 0.1) is 11.2 Å². The van der Waals surface area contributed by atoms with E-state index in [0.717, 1.165) is 32.0 Å². The van der Waals surface area contributed by atoms with Gasteiger partial charge in [-0.3, -0.25) is 0 Å². The third-order valence-corrected chi connectivity index (χ3v) is 5.61. The molecule has 1 aliphatic heterocycles. The summed E-state index contributed by atoms with van der Waals surface area (Å²) in [7, 11) is -0.934. The van der Waals surface area contributed by atoms with Crippen molar-refractivity contribution in [3.63, 3.8) is 0 Å². The fraction of sp³-hybridized carbons (Fsp3) is 0.600. The van der Waals surface area contributed by atoms with Gasteiger partial charge in [0.1, 0.15) is 16.5 Å². The zero-order valence-corrected chi connectivity index (χ0v) is 15.4. The number of piperidine rings is 1.